The van der Waals surface area contributed by atoms with Crippen molar-refractivity contribution in [2.45, 2.75) is 64.5 Å². The maximum Gasteiger partial charge on any atom is 0.233 e. The number of thiophene rings is 1. The molecule has 1 fully saturated rings. The molecule has 2 aliphatic rings. The molecule has 1 saturated heterocycles. The van der Waals surface area contributed by atoms with Crippen molar-refractivity contribution < 1.29 is 4.79 Å². The molecule has 2 unspecified atom stereocenters. The van der Waals surface area contributed by atoms with Crippen molar-refractivity contribution in [3.8, 4) is 0 Å². The van der Waals surface area contributed by atoms with Crippen molar-refractivity contribution in [2.75, 3.05) is 18.8 Å². The van der Waals surface area contributed by atoms with E-state index >= 15 is 0 Å². The van der Waals surface area contributed by atoms with Crippen LogP contribution in [0.2, 0.25) is 0 Å². The van der Waals surface area contributed by atoms with Gasteiger partial charge in [0.1, 0.15) is 10.7 Å². The van der Waals surface area contributed by atoms with Gasteiger partial charge in [-0.3, -0.25) is 9.20 Å². The van der Waals surface area contributed by atoms with Gasteiger partial charge in [0.2, 0.25) is 5.91 Å². The summed E-state index contributed by atoms with van der Waals surface area (Å²) in [7, 11) is 0. The Labute approximate surface area is 185 Å². The average Bonchev–Trinajstić information content (AvgIpc) is 3.31. The van der Waals surface area contributed by atoms with E-state index in [-0.39, 0.29) is 5.91 Å². The molecule has 0 radical (unpaired) electrons. The Kier molecular flexibility index (Phi) is 5.47. The number of aromatic nitrogens is 4. The highest BCUT2D eigenvalue weighted by atomic mass is 32.2. The van der Waals surface area contributed by atoms with Crippen LogP contribution in [0.4, 0.5) is 0 Å². The lowest BCUT2D eigenvalue weighted by molar-refractivity contribution is -0.130. The summed E-state index contributed by atoms with van der Waals surface area (Å²) < 4.78 is 2.10. The number of fused-ring (bicyclic) bond motifs is 5. The van der Waals surface area contributed by atoms with Crippen LogP contribution in [-0.4, -0.2) is 49.2 Å². The molecule has 0 N–H and O–H groups in total. The number of nitrogens with zero attached hydrogens (tertiary/aromatic N) is 5. The van der Waals surface area contributed by atoms with Gasteiger partial charge in [0.15, 0.2) is 10.8 Å². The van der Waals surface area contributed by atoms with Crippen molar-refractivity contribution in [3.05, 3.63) is 16.3 Å². The van der Waals surface area contributed by atoms with Crippen LogP contribution in [0.25, 0.3) is 15.9 Å². The third-order valence-corrected chi connectivity index (χ3v) is 8.55. The molecule has 1 aliphatic heterocycles. The number of thioether (sulfide) groups is 1. The number of carbonyl (C=O) groups excluding carboxylic acids is 1. The van der Waals surface area contributed by atoms with Gasteiger partial charge in [0, 0.05) is 24.4 Å². The summed E-state index contributed by atoms with van der Waals surface area (Å²) in [5.41, 5.74) is 2.35. The van der Waals surface area contributed by atoms with Crippen molar-refractivity contribution >= 4 is 44.9 Å². The van der Waals surface area contributed by atoms with Crippen LogP contribution in [0.1, 0.15) is 56.3 Å². The second kappa shape index (κ2) is 8.11. The number of aryl methyl sites for hydroxylation is 2. The lowest BCUT2D eigenvalue weighted by atomic mass is 9.89. The molecule has 1 aliphatic carbocycles. The second-order valence-corrected chi connectivity index (χ2v) is 11.0. The quantitative estimate of drug-likeness (QED) is 0.560. The van der Waals surface area contributed by atoms with E-state index in [0.29, 0.717) is 11.7 Å². The first-order valence-electron chi connectivity index (χ1n) is 11.1. The Balaban J connectivity index is 1.48. The van der Waals surface area contributed by atoms with Crippen LogP contribution in [0.5, 0.6) is 0 Å². The first kappa shape index (κ1) is 20.2. The molecule has 0 spiro atoms. The Morgan fingerprint density at radius 1 is 1.23 bits per heavy atom. The largest absolute Gasteiger partial charge is 0.342 e. The standard InChI is InChI=1S/C22H29N5OS2/c1-4-17-23-21-19(15-8-7-13(2)10-16(15)30-21)20-24-25-22(27(17)20)29-12-18(28)26-9-5-6-14(3)11-26/h13-14H,4-12H2,1-3H3. The Morgan fingerprint density at radius 2 is 2.10 bits per heavy atom. The number of carbonyl (C=O) groups is 1. The maximum atomic E-state index is 12.8. The molecule has 0 aromatic carbocycles. The van der Waals surface area contributed by atoms with Crippen molar-refractivity contribution in [1.82, 2.24) is 24.5 Å². The highest BCUT2D eigenvalue weighted by molar-refractivity contribution is 7.99. The monoisotopic (exact) mass is 443 g/mol. The third-order valence-electron chi connectivity index (χ3n) is 6.49. The first-order chi connectivity index (χ1) is 14.5. The normalized spacial score (nSPS) is 22.0. The van der Waals surface area contributed by atoms with Gasteiger partial charge in [-0.1, -0.05) is 32.5 Å². The zero-order chi connectivity index (χ0) is 20.8. The molecule has 5 rings (SSSR count). The highest BCUT2D eigenvalue weighted by Gasteiger charge is 2.26. The number of rotatable bonds is 4. The van der Waals surface area contributed by atoms with Gasteiger partial charge in [0.25, 0.3) is 0 Å². The summed E-state index contributed by atoms with van der Waals surface area (Å²) in [6, 6.07) is 0. The lowest BCUT2D eigenvalue weighted by Gasteiger charge is -2.30. The summed E-state index contributed by atoms with van der Waals surface area (Å²) in [5, 5.41) is 11.1. The molecular weight excluding hydrogens is 414 g/mol. The fraction of sp³-hybridized carbons (Fsp3) is 0.636. The minimum Gasteiger partial charge on any atom is -0.342 e. The molecule has 1 amide bonds. The molecule has 160 valence electrons. The number of hydrogen-bond donors (Lipinski definition) is 0. The van der Waals surface area contributed by atoms with Crippen molar-refractivity contribution in [1.29, 1.82) is 0 Å². The smallest absolute Gasteiger partial charge is 0.233 e. The summed E-state index contributed by atoms with van der Waals surface area (Å²) in [4.78, 5) is 22.3. The summed E-state index contributed by atoms with van der Waals surface area (Å²) in [6.45, 7) is 8.44. The second-order valence-electron chi connectivity index (χ2n) is 8.93. The summed E-state index contributed by atoms with van der Waals surface area (Å²) in [5.74, 6) is 2.93. The van der Waals surface area contributed by atoms with Crippen LogP contribution in [0.3, 0.4) is 0 Å². The van der Waals surface area contributed by atoms with E-state index in [1.165, 1.54) is 40.4 Å². The van der Waals surface area contributed by atoms with E-state index in [2.05, 4.69) is 35.4 Å². The van der Waals surface area contributed by atoms with Gasteiger partial charge >= 0.3 is 0 Å². The van der Waals surface area contributed by atoms with E-state index in [1.54, 1.807) is 0 Å². The lowest BCUT2D eigenvalue weighted by Crippen LogP contribution is -2.40. The van der Waals surface area contributed by atoms with Crippen LogP contribution in [0, 0.1) is 11.8 Å². The molecule has 30 heavy (non-hydrogen) atoms. The number of likely N-dealkylation sites (tertiary alicyclic amines) is 1. The van der Waals surface area contributed by atoms with Gasteiger partial charge in [-0.15, -0.1) is 21.5 Å². The fourth-order valence-corrected chi connectivity index (χ4v) is 7.09. The topological polar surface area (TPSA) is 63.4 Å². The molecule has 8 heteroatoms. The minimum atomic E-state index is 0.206. The van der Waals surface area contributed by atoms with Crippen LogP contribution >= 0.6 is 23.1 Å². The number of piperidine rings is 1. The van der Waals surface area contributed by atoms with Crippen LogP contribution < -0.4 is 0 Å². The van der Waals surface area contributed by atoms with E-state index in [9.17, 15) is 4.79 Å². The average molecular weight is 444 g/mol. The Morgan fingerprint density at radius 3 is 2.90 bits per heavy atom. The van der Waals surface area contributed by atoms with Crippen LogP contribution in [-0.2, 0) is 24.1 Å². The molecule has 4 heterocycles. The first-order valence-corrected chi connectivity index (χ1v) is 12.9. The third kappa shape index (κ3) is 3.51. The molecule has 0 saturated carbocycles. The molecule has 3 aromatic rings. The van der Waals surface area contributed by atoms with Gasteiger partial charge in [-0.05, 0) is 49.5 Å². The van der Waals surface area contributed by atoms with Gasteiger partial charge in [0.05, 0.1) is 11.1 Å². The van der Waals surface area contributed by atoms with Gasteiger partial charge in [-0.2, -0.15) is 0 Å². The summed E-state index contributed by atoms with van der Waals surface area (Å²) in [6.07, 6.45) is 6.60. The Hall–Kier alpha value is -1.67. The van der Waals surface area contributed by atoms with Gasteiger partial charge < -0.3 is 4.90 Å². The van der Waals surface area contributed by atoms with E-state index in [0.717, 1.165) is 66.1 Å². The maximum absolute atomic E-state index is 12.8. The fourth-order valence-electron chi connectivity index (χ4n) is 4.84. The van der Waals surface area contributed by atoms with Crippen molar-refractivity contribution in [3.63, 3.8) is 0 Å². The molecule has 6 nitrogen and oxygen atoms in total. The molecular formula is C22H29N5OS2. The Bertz CT molecular complexity index is 1100. The number of amides is 1. The SMILES string of the molecule is CCc1nc2sc3c(c2c2nnc(SCC(=O)N4CCCC(C)C4)n12)CCC(C)C3. The van der Waals surface area contributed by atoms with E-state index in [4.69, 9.17) is 4.98 Å². The molecule has 0 bridgehead atoms. The van der Waals surface area contributed by atoms with E-state index in [1.807, 2.05) is 16.2 Å². The molecule has 3 aromatic heterocycles. The van der Waals surface area contributed by atoms with Crippen molar-refractivity contribution in [2.24, 2.45) is 11.8 Å². The zero-order valence-corrected chi connectivity index (χ0v) is 19.6. The predicted molar refractivity (Wildman–Crippen MR) is 122 cm³/mol. The zero-order valence-electron chi connectivity index (χ0n) is 18.0. The highest BCUT2D eigenvalue weighted by Crippen LogP contribution is 2.39. The van der Waals surface area contributed by atoms with E-state index < -0.39 is 0 Å². The molecule has 2 atom stereocenters. The predicted octanol–water partition coefficient (Wildman–Crippen LogP) is 4.38. The number of hydrogen-bond acceptors (Lipinski definition) is 6. The van der Waals surface area contributed by atoms with Crippen LogP contribution in [0.15, 0.2) is 5.16 Å². The van der Waals surface area contributed by atoms with Gasteiger partial charge in [-0.25, -0.2) is 4.98 Å². The summed E-state index contributed by atoms with van der Waals surface area (Å²) >= 11 is 3.33. The minimum absolute atomic E-state index is 0.206.